The van der Waals surface area contributed by atoms with Gasteiger partial charge >= 0.3 is 0 Å². The maximum atomic E-state index is 13.3. The molecule has 0 saturated carbocycles. The van der Waals surface area contributed by atoms with Crippen LogP contribution in [0.4, 0.5) is 4.39 Å². The largest absolute Gasteiger partial charge is 0.438 e. The van der Waals surface area contributed by atoms with Crippen molar-refractivity contribution in [1.82, 2.24) is 10.3 Å². The number of aryl methyl sites for hydroxylation is 1. The molecule has 0 atom stereocenters. The molecular weight excluding hydrogens is 323 g/mol. The number of halogens is 2. The molecule has 2 aromatic rings. The maximum absolute atomic E-state index is 13.3. The topological polar surface area (TPSA) is 34.2 Å². The third-order valence-electron chi connectivity index (χ3n) is 2.80. The molecular formula is C15H16BrFN2O. The van der Waals surface area contributed by atoms with Crippen LogP contribution in [0.5, 0.6) is 11.6 Å². The summed E-state index contributed by atoms with van der Waals surface area (Å²) in [7, 11) is 0. The van der Waals surface area contributed by atoms with Gasteiger partial charge in [-0.15, -0.1) is 0 Å². The molecule has 0 saturated heterocycles. The van der Waals surface area contributed by atoms with Crippen molar-refractivity contribution >= 4 is 15.9 Å². The van der Waals surface area contributed by atoms with Crippen molar-refractivity contribution in [3.63, 3.8) is 0 Å². The van der Waals surface area contributed by atoms with Gasteiger partial charge in [0.2, 0.25) is 5.88 Å². The second kappa shape index (κ2) is 6.81. The second-order valence-corrected chi connectivity index (χ2v) is 5.33. The lowest BCUT2D eigenvalue weighted by Gasteiger charge is -2.12. The van der Waals surface area contributed by atoms with Crippen LogP contribution in [0, 0.1) is 12.7 Å². The Kier molecular flexibility index (Phi) is 5.09. The molecule has 0 amide bonds. The predicted molar refractivity (Wildman–Crippen MR) is 80.5 cm³/mol. The minimum atomic E-state index is -0.363. The van der Waals surface area contributed by atoms with Crippen LogP contribution in [0.1, 0.15) is 18.1 Å². The molecule has 0 aliphatic rings. The number of hydrogen-bond donors (Lipinski definition) is 1. The molecule has 0 fully saturated rings. The van der Waals surface area contributed by atoms with E-state index in [1.165, 1.54) is 12.3 Å². The summed E-state index contributed by atoms with van der Waals surface area (Å²) in [4.78, 5) is 4.04. The third kappa shape index (κ3) is 3.77. The highest BCUT2D eigenvalue weighted by molar-refractivity contribution is 9.10. The van der Waals surface area contributed by atoms with Crippen molar-refractivity contribution in [2.24, 2.45) is 0 Å². The first kappa shape index (κ1) is 14.9. The van der Waals surface area contributed by atoms with Gasteiger partial charge in [0.05, 0.1) is 6.20 Å². The lowest BCUT2D eigenvalue weighted by atomic mass is 10.2. The van der Waals surface area contributed by atoms with Crippen LogP contribution in [0.15, 0.2) is 34.9 Å². The number of hydrogen-bond acceptors (Lipinski definition) is 3. The van der Waals surface area contributed by atoms with Gasteiger partial charge in [-0.2, -0.15) is 0 Å². The number of rotatable bonds is 5. The zero-order chi connectivity index (χ0) is 14.5. The molecule has 5 heteroatoms. The highest BCUT2D eigenvalue weighted by Crippen LogP contribution is 2.28. The van der Waals surface area contributed by atoms with E-state index in [-0.39, 0.29) is 5.82 Å². The summed E-state index contributed by atoms with van der Waals surface area (Å²) in [6, 6.07) is 7.17. The third-order valence-corrected chi connectivity index (χ3v) is 3.29. The Balaban J connectivity index is 2.27. The van der Waals surface area contributed by atoms with Crippen LogP contribution in [-0.4, -0.2) is 11.5 Å². The Morgan fingerprint density at radius 3 is 2.85 bits per heavy atom. The first-order valence-corrected chi connectivity index (χ1v) is 7.18. The van der Waals surface area contributed by atoms with Gasteiger partial charge in [0, 0.05) is 16.6 Å². The fraction of sp³-hybridized carbons (Fsp3) is 0.267. The van der Waals surface area contributed by atoms with E-state index >= 15 is 0 Å². The van der Waals surface area contributed by atoms with Gasteiger partial charge in [0.25, 0.3) is 0 Å². The average molecular weight is 339 g/mol. The molecule has 1 aromatic heterocycles. The molecule has 0 bridgehead atoms. The molecule has 3 nitrogen and oxygen atoms in total. The van der Waals surface area contributed by atoms with Crippen LogP contribution >= 0.6 is 15.9 Å². The number of nitrogens with zero attached hydrogens (tertiary/aromatic N) is 1. The Bertz CT molecular complexity index is 604. The first-order valence-electron chi connectivity index (χ1n) is 6.39. The van der Waals surface area contributed by atoms with Crippen molar-refractivity contribution in [2.45, 2.75) is 20.4 Å². The molecule has 20 heavy (non-hydrogen) atoms. The van der Waals surface area contributed by atoms with E-state index in [9.17, 15) is 4.39 Å². The maximum Gasteiger partial charge on any atom is 0.223 e. The van der Waals surface area contributed by atoms with E-state index in [1.807, 2.05) is 32.0 Å². The van der Waals surface area contributed by atoms with Gasteiger partial charge in [-0.3, -0.25) is 0 Å². The van der Waals surface area contributed by atoms with Gasteiger partial charge in [0.1, 0.15) is 11.6 Å². The lowest BCUT2D eigenvalue weighted by molar-refractivity contribution is 0.446. The summed E-state index contributed by atoms with van der Waals surface area (Å²) in [5, 5.41) is 3.15. The fourth-order valence-electron chi connectivity index (χ4n) is 1.78. The van der Waals surface area contributed by atoms with Gasteiger partial charge in [-0.1, -0.05) is 22.9 Å². The van der Waals surface area contributed by atoms with Crippen molar-refractivity contribution in [3.8, 4) is 11.6 Å². The molecule has 0 radical (unpaired) electrons. The minimum Gasteiger partial charge on any atom is -0.438 e. The van der Waals surface area contributed by atoms with E-state index in [2.05, 4.69) is 26.2 Å². The summed E-state index contributed by atoms with van der Waals surface area (Å²) in [6.07, 6.45) is 1.17. The van der Waals surface area contributed by atoms with Crippen LogP contribution in [0.2, 0.25) is 0 Å². The molecule has 1 aromatic carbocycles. The lowest BCUT2D eigenvalue weighted by Crippen LogP contribution is -2.13. The number of aromatic nitrogens is 1. The SMILES string of the molecule is CCNCc1cc(F)cnc1Oc1ccc(Br)cc1C. The number of pyridine rings is 1. The summed E-state index contributed by atoms with van der Waals surface area (Å²) in [6.45, 7) is 5.26. The predicted octanol–water partition coefficient (Wildman–Crippen LogP) is 4.19. The monoisotopic (exact) mass is 338 g/mol. The van der Waals surface area contributed by atoms with Gasteiger partial charge in [0.15, 0.2) is 0 Å². The zero-order valence-electron chi connectivity index (χ0n) is 11.4. The van der Waals surface area contributed by atoms with Gasteiger partial charge in [-0.25, -0.2) is 9.37 Å². The van der Waals surface area contributed by atoms with Crippen molar-refractivity contribution in [3.05, 3.63) is 51.9 Å². The average Bonchev–Trinajstić information content (AvgIpc) is 2.41. The standard InChI is InChI=1S/C15H16BrFN2O/c1-3-18-8-11-7-13(17)9-19-15(11)20-14-5-4-12(16)6-10(14)2/h4-7,9,18H,3,8H2,1-2H3. The van der Waals surface area contributed by atoms with Crippen molar-refractivity contribution < 1.29 is 9.13 Å². The van der Waals surface area contributed by atoms with E-state index < -0.39 is 0 Å². The summed E-state index contributed by atoms with van der Waals surface area (Å²) >= 11 is 3.41. The van der Waals surface area contributed by atoms with Crippen molar-refractivity contribution in [1.29, 1.82) is 0 Å². The normalized spacial score (nSPS) is 10.6. The Hall–Kier alpha value is -1.46. The van der Waals surface area contributed by atoms with Crippen molar-refractivity contribution in [2.75, 3.05) is 6.54 Å². The summed E-state index contributed by atoms with van der Waals surface area (Å²) in [5.74, 6) is 0.778. The van der Waals surface area contributed by atoms with E-state index in [0.717, 1.165) is 16.6 Å². The van der Waals surface area contributed by atoms with Gasteiger partial charge < -0.3 is 10.1 Å². The number of nitrogens with one attached hydrogen (secondary N) is 1. The highest BCUT2D eigenvalue weighted by atomic mass is 79.9. The Morgan fingerprint density at radius 2 is 2.15 bits per heavy atom. The smallest absolute Gasteiger partial charge is 0.223 e. The van der Waals surface area contributed by atoms with Crippen LogP contribution < -0.4 is 10.1 Å². The van der Waals surface area contributed by atoms with Crippen LogP contribution in [-0.2, 0) is 6.54 Å². The van der Waals surface area contributed by atoms with E-state index in [4.69, 9.17) is 4.74 Å². The van der Waals surface area contributed by atoms with Crippen LogP contribution in [0.25, 0.3) is 0 Å². The summed E-state index contributed by atoms with van der Waals surface area (Å²) < 4.78 is 20.1. The zero-order valence-corrected chi connectivity index (χ0v) is 13.0. The molecule has 106 valence electrons. The molecule has 0 unspecified atom stereocenters. The summed E-state index contributed by atoms with van der Waals surface area (Å²) in [5.41, 5.74) is 1.69. The highest BCUT2D eigenvalue weighted by Gasteiger charge is 2.10. The van der Waals surface area contributed by atoms with E-state index in [1.54, 1.807) is 0 Å². The fourth-order valence-corrected chi connectivity index (χ4v) is 2.25. The first-order chi connectivity index (χ1) is 9.60. The molecule has 1 heterocycles. The Morgan fingerprint density at radius 1 is 1.35 bits per heavy atom. The number of benzene rings is 1. The molecule has 0 spiro atoms. The quantitative estimate of drug-likeness (QED) is 0.887. The second-order valence-electron chi connectivity index (χ2n) is 4.41. The molecule has 1 N–H and O–H groups in total. The Labute approximate surface area is 126 Å². The number of ether oxygens (including phenoxy) is 1. The molecule has 2 rings (SSSR count). The van der Waals surface area contributed by atoms with Crippen LogP contribution in [0.3, 0.4) is 0 Å². The molecule has 0 aliphatic heterocycles. The minimum absolute atomic E-state index is 0.363. The van der Waals surface area contributed by atoms with E-state index in [0.29, 0.717) is 23.7 Å². The van der Waals surface area contributed by atoms with Gasteiger partial charge in [-0.05, 0) is 43.3 Å². The molecule has 0 aliphatic carbocycles.